The van der Waals surface area contributed by atoms with Gasteiger partial charge in [0.25, 0.3) is 0 Å². The number of rotatable bonds is 19. The summed E-state index contributed by atoms with van der Waals surface area (Å²) in [5.74, 6) is 0. The van der Waals surface area contributed by atoms with E-state index in [-0.39, 0.29) is 0 Å². The van der Waals surface area contributed by atoms with E-state index in [1.54, 1.807) is 0 Å². The Hall–Kier alpha value is -0.260. The molecule has 0 radical (unpaired) electrons. The molecule has 0 nitrogen and oxygen atoms in total. The van der Waals surface area contributed by atoms with Crippen LogP contribution < -0.4 is 0 Å². The molecule has 0 bridgehead atoms. The molecular formula is C25H50. The van der Waals surface area contributed by atoms with Crippen LogP contribution in [0, 0.1) is 5.41 Å². The lowest BCUT2D eigenvalue weighted by Crippen LogP contribution is -2.10. The van der Waals surface area contributed by atoms with Gasteiger partial charge in [0.2, 0.25) is 0 Å². The zero-order chi connectivity index (χ0) is 18.6. The Morgan fingerprint density at radius 1 is 0.480 bits per heavy atom. The first-order valence-corrected chi connectivity index (χ1v) is 11.8. The van der Waals surface area contributed by atoms with E-state index in [1.807, 2.05) is 0 Å². The summed E-state index contributed by atoms with van der Waals surface area (Å²) in [5, 5.41) is 0. The largest absolute Gasteiger partial charge is 0.0885 e. The van der Waals surface area contributed by atoms with Crippen molar-refractivity contribution in [3.8, 4) is 0 Å². The minimum Gasteiger partial charge on any atom is -0.0885 e. The van der Waals surface area contributed by atoms with Crippen molar-refractivity contribution in [3.63, 3.8) is 0 Å². The normalized spacial score (nSPS) is 12.3. The molecule has 0 aliphatic rings. The molecule has 25 heavy (non-hydrogen) atoms. The molecule has 0 N–H and O–H groups in total. The van der Waals surface area contributed by atoms with Crippen molar-refractivity contribution >= 4 is 0 Å². The third kappa shape index (κ3) is 19.9. The molecule has 0 rings (SSSR count). The molecule has 0 saturated heterocycles. The Kier molecular flexibility index (Phi) is 18.3. The molecule has 0 aromatic rings. The van der Waals surface area contributed by atoms with Gasteiger partial charge in [-0.25, -0.2) is 0 Å². The summed E-state index contributed by atoms with van der Waals surface area (Å²) in [6.07, 6.45) is 30.2. The van der Waals surface area contributed by atoms with E-state index in [2.05, 4.69) is 39.8 Å². The number of hydrogen-bond donors (Lipinski definition) is 0. The van der Waals surface area contributed by atoms with Gasteiger partial charge < -0.3 is 0 Å². The van der Waals surface area contributed by atoms with Crippen LogP contribution in [0.5, 0.6) is 0 Å². The summed E-state index contributed by atoms with van der Waals surface area (Å²) in [6, 6.07) is 0. The Morgan fingerprint density at radius 3 is 1.44 bits per heavy atom. The molecule has 150 valence electrons. The summed E-state index contributed by atoms with van der Waals surface area (Å²) in [5.41, 5.74) is 0.552. The minimum absolute atomic E-state index is 0.552. The topological polar surface area (TPSA) is 0 Å². The van der Waals surface area contributed by atoms with E-state index >= 15 is 0 Å². The maximum Gasteiger partial charge on any atom is -0.0351 e. The van der Waals surface area contributed by atoms with Crippen molar-refractivity contribution in [2.75, 3.05) is 0 Å². The van der Waals surface area contributed by atoms with Crippen molar-refractivity contribution in [1.82, 2.24) is 0 Å². The first kappa shape index (κ1) is 24.7. The van der Waals surface area contributed by atoms with Crippen LogP contribution in [-0.2, 0) is 0 Å². The zero-order valence-electron chi connectivity index (χ0n) is 18.4. The highest BCUT2D eigenvalue weighted by Gasteiger charge is 2.16. The van der Waals surface area contributed by atoms with Crippen LogP contribution >= 0.6 is 0 Å². The summed E-state index contributed by atoms with van der Waals surface area (Å²) in [7, 11) is 0. The number of allylic oxidation sites excluding steroid dienone is 2. The van der Waals surface area contributed by atoms with Crippen LogP contribution in [0.2, 0.25) is 0 Å². The van der Waals surface area contributed by atoms with Gasteiger partial charge in [-0.05, 0) is 43.9 Å². The van der Waals surface area contributed by atoms with Crippen LogP contribution in [0.3, 0.4) is 0 Å². The summed E-state index contributed by atoms with van der Waals surface area (Å²) >= 11 is 0. The number of hydrogen-bond acceptors (Lipinski definition) is 0. The van der Waals surface area contributed by atoms with Gasteiger partial charge >= 0.3 is 0 Å². The van der Waals surface area contributed by atoms with E-state index in [9.17, 15) is 0 Å². The average Bonchev–Trinajstić information content (AvgIpc) is 2.59. The second-order valence-electron chi connectivity index (χ2n) is 8.96. The standard InChI is InChI=1S/C25H50/c1-5-7-9-11-13-14-15-16-18-20-22-24-25(3,4)23-21-19-17-12-10-8-6-2/h16,18H,5-15,17,19-24H2,1-4H3/b18-16-. The lowest BCUT2D eigenvalue weighted by Gasteiger charge is -2.24. The van der Waals surface area contributed by atoms with E-state index < -0.39 is 0 Å². The molecule has 0 amide bonds. The fraction of sp³-hybridized carbons (Fsp3) is 0.920. The lowest BCUT2D eigenvalue weighted by molar-refractivity contribution is 0.287. The Balaban J connectivity index is 3.41. The Morgan fingerprint density at radius 2 is 0.880 bits per heavy atom. The first-order chi connectivity index (χ1) is 12.1. The van der Waals surface area contributed by atoms with E-state index in [4.69, 9.17) is 0 Å². The van der Waals surface area contributed by atoms with Crippen molar-refractivity contribution in [2.24, 2.45) is 5.41 Å². The molecule has 0 fully saturated rings. The van der Waals surface area contributed by atoms with Crippen molar-refractivity contribution in [2.45, 2.75) is 143 Å². The van der Waals surface area contributed by atoms with Gasteiger partial charge in [0.15, 0.2) is 0 Å². The predicted molar refractivity (Wildman–Crippen MR) is 117 cm³/mol. The smallest absolute Gasteiger partial charge is 0.0351 e. The van der Waals surface area contributed by atoms with Gasteiger partial charge in [-0.15, -0.1) is 0 Å². The minimum atomic E-state index is 0.552. The fourth-order valence-electron chi connectivity index (χ4n) is 3.66. The molecule has 0 atom stereocenters. The zero-order valence-corrected chi connectivity index (χ0v) is 18.4. The second kappa shape index (κ2) is 18.5. The van der Waals surface area contributed by atoms with E-state index in [0.29, 0.717) is 5.41 Å². The SMILES string of the molecule is CCCCCCCC/C=C\CCCC(C)(C)CCCCCCCCC. The molecule has 0 heterocycles. The summed E-state index contributed by atoms with van der Waals surface area (Å²) in [6.45, 7) is 9.54. The van der Waals surface area contributed by atoms with Crippen LogP contribution in [0.1, 0.15) is 143 Å². The highest BCUT2D eigenvalue weighted by atomic mass is 14.2. The first-order valence-electron chi connectivity index (χ1n) is 11.8. The quantitative estimate of drug-likeness (QED) is 0.161. The van der Waals surface area contributed by atoms with Gasteiger partial charge in [0.05, 0.1) is 0 Å². The monoisotopic (exact) mass is 350 g/mol. The molecule has 0 aliphatic carbocycles. The number of unbranched alkanes of at least 4 members (excludes halogenated alkanes) is 13. The van der Waals surface area contributed by atoms with Gasteiger partial charge in [0, 0.05) is 0 Å². The van der Waals surface area contributed by atoms with Gasteiger partial charge in [-0.3, -0.25) is 0 Å². The van der Waals surface area contributed by atoms with Crippen molar-refractivity contribution in [1.29, 1.82) is 0 Å². The third-order valence-corrected chi connectivity index (χ3v) is 5.57. The highest BCUT2D eigenvalue weighted by molar-refractivity contribution is 4.82. The van der Waals surface area contributed by atoms with Crippen LogP contribution in [-0.4, -0.2) is 0 Å². The summed E-state index contributed by atoms with van der Waals surface area (Å²) < 4.78 is 0. The van der Waals surface area contributed by atoms with Gasteiger partial charge in [-0.2, -0.15) is 0 Å². The molecule has 0 unspecified atom stereocenters. The van der Waals surface area contributed by atoms with E-state index in [0.717, 1.165) is 0 Å². The fourth-order valence-corrected chi connectivity index (χ4v) is 3.66. The Bertz CT molecular complexity index is 274. The Labute approximate surface area is 161 Å². The van der Waals surface area contributed by atoms with Crippen LogP contribution in [0.25, 0.3) is 0 Å². The average molecular weight is 351 g/mol. The van der Waals surface area contributed by atoms with Crippen molar-refractivity contribution in [3.05, 3.63) is 12.2 Å². The maximum atomic E-state index is 2.48. The molecule has 0 saturated carbocycles. The molecule has 0 spiro atoms. The maximum absolute atomic E-state index is 2.48. The third-order valence-electron chi connectivity index (χ3n) is 5.57. The van der Waals surface area contributed by atoms with Crippen molar-refractivity contribution < 1.29 is 0 Å². The lowest BCUT2D eigenvalue weighted by atomic mass is 9.82. The highest BCUT2D eigenvalue weighted by Crippen LogP contribution is 2.30. The molecular weight excluding hydrogens is 300 g/mol. The summed E-state index contributed by atoms with van der Waals surface area (Å²) in [4.78, 5) is 0. The van der Waals surface area contributed by atoms with Gasteiger partial charge in [-0.1, -0.05) is 117 Å². The molecule has 0 aliphatic heterocycles. The van der Waals surface area contributed by atoms with Gasteiger partial charge in [0.1, 0.15) is 0 Å². The molecule has 0 aromatic heterocycles. The molecule has 0 heteroatoms. The second-order valence-corrected chi connectivity index (χ2v) is 8.96. The predicted octanol–water partition coefficient (Wildman–Crippen LogP) is 9.63. The van der Waals surface area contributed by atoms with Crippen LogP contribution in [0.4, 0.5) is 0 Å². The van der Waals surface area contributed by atoms with Crippen LogP contribution in [0.15, 0.2) is 12.2 Å². The van der Waals surface area contributed by atoms with E-state index in [1.165, 1.54) is 116 Å². The molecule has 0 aromatic carbocycles.